The molecule has 30 heavy (non-hydrogen) atoms. The maximum Gasteiger partial charge on any atom is 0.253 e. The summed E-state index contributed by atoms with van der Waals surface area (Å²) in [5.74, 6) is 0.822. The summed E-state index contributed by atoms with van der Waals surface area (Å²) in [6.45, 7) is 6.12. The van der Waals surface area contributed by atoms with Gasteiger partial charge in [0.25, 0.3) is 5.91 Å². The molecule has 0 radical (unpaired) electrons. The van der Waals surface area contributed by atoms with E-state index in [0.717, 1.165) is 50.6 Å². The van der Waals surface area contributed by atoms with Crippen molar-refractivity contribution < 1.29 is 9.59 Å². The Hall–Kier alpha value is -2.82. The summed E-state index contributed by atoms with van der Waals surface area (Å²) in [6.07, 6.45) is 3.43. The van der Waals surface area contributed by atoms with Crippen LogP contribution in [0.15, 0.2) is 42.5 Å². The highest BCUT2D eigenvalue weighted by atomic mass is 16.2. The molecular formula is C25H29N3O2. The van der Waals surface area contributed by atoms with E-state index in [0.29, 0.717) is 5.56 Å². The molecule has 3 fully saturated rings. The normalized spacial score (nSPS) is 21.6. The van der Waals surface area contributed by atoms with E-state index in [1.807, 2.05) is 29.2 Å². The Bertz CT molecular complexity index is 957. The maximum atomic E-state index is 13.0. The van der Waals surface area contributed by atoms with Crippen LogP contribution in [-0.2, 0) is 4.79 Å². The van der Waals surface area contributed by atoms with Crippen LogP contribution in [0.4, 0.5) is 5.69 Å². The van der Waals surface area contributed by atoms with Crippen LogP contribution in [0.3, 0.4) is 0 Å². The molecule has 0 bridgehead atoms. The molecule has 1 saturated carbocycles. The summed E-state index contributed by atoms with van der Waals surface area (Å²) >= 11 is 0. The first-order chi connectivity index (χ1) is 14.6. The molecule has 156 valence electrons. The first-order valence-corrected chi connectivity index (χ1v) is 11.1. The number of hydrogen-bond donors (Lipinski definition) is 1. The van der Waals surface area contributed by atoms with Crippen molar-refractivity contribution in [3.63, 3.8) is 0 Å². The summed E-state index contributed by atoms with van der Waals surface area (Å²) in [7, 11) is 0. The van der Waals surface area contributed by atoms with Gasteiger partial charge < -0.3 is 15.1 Å². The molecule has 1 atom stereocenters. The van der Waals surface area contributed by atoms with Crippen molar-refractivity contribution in [2.75, 3.05) is 37.6 Å². The molecule has 2 amide bonds. The molecule has 2 aliphatic heterocycles. The van der Waals surface area contributed by atoms with Gasteiger partial charge in [-0.1, -0.05) is 29.8 Å². The van der Waals surface area contributed by atoms with Gasteiger partial charge >= 0.3 is 0 Å². The zero-order valence-corrected chi connectivity index (χ0v) is 17.6. The predicted molar refractivity (Wildman–Crippen MR) is 118 cm³/mol. The predicted octanol–water partition coefficient (Wildman–Crippen LogP) is 3.44. The molecule has 2 saturated heterocycles. The summed E-state index contributed by atoms with van der Waals surface area (Å²) in [6, 6.07) is 14.4. The zero-order valence-electron chi connectivity index (χ0n) is 17.6. The van der Waals surface area contributed by atoms with Crippen LogP contribution < -0.4 is 10.2 Å². The Morgan fingerprint density at radius 3 is 2.33 bits per heavy atom. The number of carbonyl (C=O) groups is 2. The van der Waals surface area contributed by atoms with Crippen LogP contribution in [0.2, 0.25) is 0 Å². The molecule has 1 aliphatic carbocycles. The third kappa shape index (κ3) is 3.69. The molecule has 0 spiro atoms. The average Bonchev–Trinajstić information content (AvgIpc) is 3.54. The van der Waals surface area contributed by atoms with E-state index >= 15 is 0 Å². The summed E-state index contributed by atoms with van der Waals surface area (Å²) < 4.78 is 0. The van der Waals surface area contributed by atoms with Gasteiger partial charge in [-0.15, -0.1) is 0 Å². The summed E-state index contributed by atoms with van der Waals surface area (Å²) in [5.41, 5.74) is 5.88. The van der Waals surface area contributed by atoms with Gasteiger partial charge in [0.05, 0.1) is 5.92 Å². The van der Waals surface area contributed by atoms with E-state index in [9.17, 15) is 9.59 Å². The highest BCUT2D eigenvalue weighted by Crippen LogP contribution is 2.45. The van der Waals surface area contributed by atoms with E-state index in [2.05, 4.69) is 35.3 Å². The van der Waals surface area contributed by atoms with E-state index in [4.69, 9.17) is 0 Å². The zero-order chi connectivity index (χ0) is 20.7. The second-order valence-electron chi connectivity index (χ2n) is 8.87. The Balaban J connectivity index is 1.24. The van der Waals surface area contributed by atoms with E-state index in [1.165, 1.54) is 29.7 Å². The Labute approximate surface area is 178 Å². The maximum absolute atomic E-state index is 13.0. The average molecular weight is 404 g/mol. The topological polar surface area (TPSA) is 52.6 Å². The van der Waals surface area contributed by atoms with Crippen molar-refractivity contribution in [2.45, 2.75) is 38.0 Å². The van der Waals surface area contributed by atoms with Gasteiger partial charge in [-0.05, 0) is 61.4 Å². The van der Waals surface area contributed by atoms with Gasteiger partial charge in [-0.2, -0.15) is 0 Å². The highest BCUT2D eigenvalue weighted by Gasteiger charge is 2.30. The van der Waals surface area contributed by atoms with E-state index < -0.39 is 0 Å². The number of hydrogen-bond acceptors (Lipinski definition) is 3. The van der Waals surface area contributed by atoms with E-state index in [-0.39, 0.29) is 17.7 Å². The van der Waals surface area contributed by atoms with Crippen molar-refractivity contribution in [2.24, 2.45) is 0 Å². The first kappa shape index (κ1) is 19.2. The monoisotopic (exact) mass is 403 g/mol. The minimum Gasteiger partial charge on any atom is -0.368 e. The van der Waals surface area contributed by atoms with Gasteiger partial charge in [-0.25, -0.2) is 0 Å². The third-order valence-corrected chi connectivity index (χ3v) is 6.72. The van der Waals surface area contributed by atoms with Crippen molar-refractivity contribution in [1.29, 1.82) is 0 Å². The van der Waals surface area contributed by atoms with Crippen LogP contribution in [0.25, 0.3) is 0 Å². The van der Waals surface area contributed by atoms with E-state index in [1.54, 1.807) is 0 Å². The fourth-order valence-corrected chi connectivity index (χ4v) is 4.79. The largest absolute Gasteiger partial charge is 0.368 e. The fourth-order valence-electron chi connectivity index (χ4n) is 4.79. The quantitative estimate of drug-likeness (QED) is 0.851. The minimum atomic E-state index is -0.0760. The number of piperazine rings is 1. The summed E-state index contributed by atoms with van der Waals surface area (Å²) in [5, 5.41) is 2.87. The Morgan fingerprint density at radius 1 is 0.967 bits per heavy atom. The lowest BCUT2D eigenvalue weighted by atomic mass is 9.96. The van der Waals surface area contributed by atoms with Gasteiger partial charge in [0, 0.05) is 44.0 Å². The molecule has 3 aliphatic rings. The SMILES string of the molecule is Cc1ccc(N2CCN(C(=O)c3ccc(C4CCNC4=O)cc3)CC2)c(C2CC2)c1. The van der Waals surface area contributed by atoms with Crippen LogP contribution in [0.5, 0.6) is 0 Å². The number of nitrogens with zero attached hydrogens (tertiary/aromatic N) is 2. The molecule has 1 N–H and O–H groups in total. The number of amides is 2. The van der Waals surface area contributed by atoms with Gasteiger partial charge in [0.1, 0.15) is 0 Å². The van der Waals surface area contributed by atoms with Crippen molar-refractivity contribution in [3.8, 4) is 0 Å². The molecule has 2 aromatic rings. The van der Waals surface area contributed by atoms with Crippen LogP contribution in [0, 0.1) is 6.92 Å². The second kappa shape index (κ2) is 7.78. The van der Waals surface area contributed by atoms with Crippen LogP contribution in [-0.4, -0.2) is 49.4 Å². The number of carbonyl (C=O) groups excluding carboxylic acids is 2. The number of nitrogens with one attached hydrogen (secondary N) is 1. The number of rotatable bonds is 4. The van der Waals surface area contributed by atoms with Gasteiger partial charge in [-0.3, -0.25) is 9.59 Å². The molecule has 5 rings (SSSR count). The minimum absolute atomic E-state index is 0.0760. The number of benzene rings is 2. The Kier molecular flexibility index (Phi) is 4.97. The number of aryl methyl sites for hydroxylation is 1. The summed E-state index contributed by atoms with van der Waals surface area (Å²) in [4.78, 5) is 29.3. The first-order valence-electron chi connectivity index (χ1n) is 11.1. The molecule has 1 unspecified atom stereocenters. The van der Waals surface area contributed by atoms with Crippen LogP contribution >= 0.6 is 0 Å². The lowest BCUT2D eigenvalue weighted by Gasteiger charge is -2.37. The smallest absolute Gasteiger partial charge is 0.253 e. The van der Waals surface area contributed by atoms with Crippen LogP contribution in [0.1, 0.15) is 58.1 Å². The van der Waals surface area contributed by atoms with Crippen molar-refractivity contribution in [1.82, 2.24) is 10.2 Å². The molecule has 5 heteroatoms. The lowest BCUT2D eigenvalue weighted by molar-refractivity contribution is -0.120. The standard InChI is InChI=1S/C25H29N3O2/c1-17-2-9-23(22(16-17)19-3-4-19)27-12-14-28(15-13-27)25(30)20-7-5-18(6-8-20)21-10-11-26-24(21)29/h2,5-9,16,19,21H,3-4,10-15H2,1H3,(H,26,29). The number of anilines is 1. The molecular weight excluding hydrogens is 374 g/mol. The Morgan fingerprint density at radius 2 is 1.70 bits per heavy atom. The highest BCUT2D eigenvalue weighted by molar-refractivity contribution is 5.94. The lowest BCUT2D eigenvalue weighted by Crippen LogP contribution is -2.49. The van der Waals surface area contributed by atoms with Gasteiger partial charge in [0.2, 0.25) is 5.91 Å². The fraction of sp³-hybridized carbons (Fsp3) is 0.440. The van der Waals surface area contributed by atoms with Gasteiger partial charge in [0.15, 0.2) is 0 Å². The molecule has 0 aromatic heterocycles. The molecule has 2 aromatic carbocycles. The molecule has 2 heterocycles. The molecule has 5 nitrogen and oxygen atoms in total. The van der Waals surface area contributed by atoms with Crippen molar-refractivity contribution in [3.05, 3.63) is 64.7 Å². The third-order valence-electron chi connectivity index (χ3n) is 6.72. The second-order valence-corrected chi connectivity index (χ2v) is 8.87. The van der Waals surface area contributed by atoms with Crippen molar-refractivity contribution >= 4 is 17.5 Å².